The van der Waals surface area contributed by atoms with Gasteiger partial charge in [-0.15, -0.1) is 0 Å². The fourth-order valence-electron chi connectivity index (χ4n) is 2.34. The van der Waals surface area contributed by atoms with Gasteiger partial charge >= 0.3 is 0 Å². The van der Waals surface area contributed by atoms with Gasteiger partial charge in [0.25, 0.3) is 0 Å². The number of hydrogen-bond acceptors (Lipinski definition) is 5. The molecule has 26 heavy (non-hydrogen) atoms. The van der Waals surface area contributed by atoms with Gasteiger partial charge in [-0.1, -0.05) is 54.2 Å². The van der Waals surface area contributed by atoms with Crippen molar-refractivity contribution in [2.45, 2.75) is 4.90 Å². The monoisotopic (exact) mass is 359 g/mol. The Morgan fingerprint density at radius 1 is 0.885 bits per heavy atom. The van der Waals surface area contributed by atoms with Gasteiger partial charge in [-0.05, 0) is 42.0 Å². The molecule has 128 valence electrons. The minimum Gasteiger partial charge on any atom is -0.457 e. The van der Waals surface area contributed by atoms with Crippen LogP contribution in [0.4, 0.5) is 5.69 Å². The molecular weight excluding hydrogens is 342 g/mol. The van der Waals surface area contributed by atoms with Crippen molar-refractivity contribution in [2.75, 3.05) is 5.73 Å². The molecule has 0 aliphatic heterocycles. The number of para-hydroxylation sites is 2. The maximum absolute atomic E-state index is 9.60. The van der Waals surface area contributed by atoms with Gasteiger partial charge in [0.05, 0.1) is 10.6 Å². The third-order valence-electron chi connectivity index (χ3n) is 3.60. The highest BCUT2D eigenvalue weighted by Gasteiger charge is 2.11. The Hall–Kier alpha value is -3.36. The molecule has 0 radical (unpaired) electrons. The van der Waals surface area contributed by atoms with Crippen molar-refractivity contribution in [3.8, 4) is 17.6 Å². The van der Waals surface area contributed by atoms with Crippen LogP contribution in [-0.2, 0) is 0 Å². The Bertz CT molecular complexity index is 978. The lowest BCUT2D eigenvalue weighted by atomic mass is 10.1. The molecule has 0 saturated carbocycles. The second kappa shape index (κ2) is 8.15. The van der Waals surface area contributed by atoms with Crippen molar-refractivity contribution >= 4 is 23.0 Å². The van der Waals surface area contributed by atoms with Crippen LogP contribution >= 0.6 is 11.8 Å². The van der Waals surface area contributed by atoms with Crippen LogP contribution in [0.25, 0.3) is 5.57 Å². The van der Waals surface area contributed by atoms with Crippen LogP contribution < -0.4 is 16.2 Å². The van der Waals surface area contributed by atoms with E-state index in [2.05, 4.69) is 6.07 Å². The summed E-state index contributed by atoms with van der Waals surface area (Å²) in [5.41, 5.74) is 13.8. The molecule has 4 nitrogen and oxygen atoms in total. The average Bonchev–Trinajstić information content (AvgIpc) is 2.65. The summed E-state index contributed by atoms with van der Waals surface area (Å²) in [7, 11) is 0. The standard InChI is InChI=1S/C21H17N3OS/c22-14-18(21(24)26-20-12-5-4-11-19(20)23)15-7-6-10-17(13-15)25-16-8-2-1-3-9-16/h1-13H,23-24H2/b21-18-. The van der Waals surface area contributed by atoms with Crippen molar-refractivity contribution in [3.05, 3.63) is 89.5 Å². The summed E-state index contributed by atoms with van der Waals surface area (Å²) in [4.78, 5) is 0.814. The van der Waals surface area contributed by atoms with Gasteiger partial charge in [0.2, 0.25) is 0 Å². The van der Waals surface area contributed by atoms with Crippen LogP contribution in [0.5, 0.6) is 11.5 Å². The van der Waals surface area contributed by atoms with E-state index in [1.807, 2.05) is 66.7 Å². The molecule has 0 aromatic heterocycles. The highest BCUT2D eigenvalue weighted by Crippen LogP contribution is 2.33. The number of ether oxygens (including phenoxy) is 1. The van der Waals surface area contributed by atoms with Crippen molar-refractivity contribution < 1.29 is 4.74 Å². The van der Waals surface area contributed by atoms with E-state index in [4.69, 9.17) is 16.2 Å². The Morgan fingerprint density at radius 3 is 2.31 bits per heavy atom. The largest absolute Gasteiger partial charge is 0.457 e. The maximum atomic E-state index is 9.60. The molecule has 0 bridgehead atoms. The highest BCUT2D eigenvalue weighted by atomic mass is 32.2. The van der Waals surface area contributed by atoms with Crippen LogP contribution in [0.1, 0.15) is 5.56 Å². The zero-order chi connectivity index (χ0) is 18.4. The van der Waals surface area contributed by atoms with E-state index in [0.717, 1.165) is 10.6 Å². The molecule has 0 heterocycles. The van der Waals surface area contributed by atoms with Crippen LogP contribution in [0, 0.1) is 11.3 Å². The molecule has 0 aliphatic carbocycles. The number of hydrogen-bond donors (Lipinski definition) is 2. The molecule has 0 unspecified atom stereocenters. The van der Waals surface area contributed by atoms with Crippen molar-refractivity contribution in [3.63, 3.8) is 0 Å². The summed E-state index contributed by atoms with van der Waals surface area (Å²) in [5.74, 6) is 1.37. The second-order valence-electron chi connectivity index (χ2n) is 5.43. The number of nitrogens with two attached hydrogens (primary N) is 2. The molecule has 0 amide bonds. The first kappa shape index (κ1) is 17.5. The third-order valence-corrected chi connectivity index (χ3v) is 4.61. The zero-order valence-corrected chi connectivity index (χ0v) is 14.7. The lowest BCUT2D eigenvalue weighted by Gasteiger charge is -2.10. The first-order valence-electron chi connectivity index (χ1n) is 7.93. The van der Waals surface area contributed by atoms with Crippen LogP contribution in [-0.4, -0.2) is 0 Å². The predicted octanol–water partition coefficient (Wildman–Crippen LogP) is 5.00. The van der Waals surface area contributed by atoms with Gasteiger partial charge in [-0.3, -0.25) is 0 Å². The molecule has 3 rings (SSSR count). The Morgan fingerprint density at radius 2 is 1.58 bits per heavy atom. The van der Waals surface area contributed by atoms with E-state index in [0.29, 0.717) is 27.6 Å². The van der Waals surface area contributed by atoms with Gasteiger partial charge in [0, 0.05) is 10.6 Å². The van der Waals surface area contributed by atoms with E-state index in [1.54, 1.807) is 12.1 Å². The zero-order valence-electron chi connectivity index (χ0n) is 13.9. The number of benzene rings is 3. The Labute approximate surface area is 156 Å². The lowest BCUT2D eigenvalue weighted by Crippen LogP contribution is -1.99. The number of anilines is 1. The van der Waals surface area contributed by atoms with E-state index in [9.17, 15) is 5.26 Å². The summed E-state index contributed by atoms with van der Waals surface area (Å²) in [6.45, 7) is 0. The molecule has 0 aliphatic rings. The fourth-order valence-corrected chi connectivity index (χ4v) is 3.18. The third kappa shape index (κ3) is 4.18. The first-order valence-corrected chi connectivity index (χ1v) is 8.74. The molecule has 5 heteroatoms. The maximum Gasteiger partial charge on any atom is 0.128 e. The van der Waals surface area contributed by atoms with Crippen molar-refractivity contribution in [1.29, 1.82) is 5.26 Å². The summed E-state index contributed by atoms with van der Waals surface area (Å²) in [6.07, 6.45) is 0. The SMILES string of the molecule is N#C/C(=C(\N)Sc1ccccc1N)c1cccc(Oc2ccccc2)c1. The van der Waals surface area contributed by atoms with Gasteiger partial charge in [-0.2, -0.15) is 5.26 Å². The predicted molar refractivity (Wildman–Crippen MR) is 106 cm³/mol. The summed E-state index contributed by atoms with van der Waals surface area (Å²) < 4.78 is 5.83. The van der Waals surface area contributed by atoms with E-state index < -0.39 is 0 Å². The molecule has 3 aromatic rings. The minimum absolute atomic E-state index is 0.386. The normalized spacial score (nSPS) is 11.3. The highest BCUT2D eigenvalue weighted by molar-refractivity contribution is 8.03. The lowest BCUT2D eigenvalue weighted by molar-refractivity contribution is 0.482. The molecule has 0 saturated heterocycles. The smallest absolute Gasteiger partial charge is 0.128 e. The van der Waals surface area contributed by atoms with Gasteiger partial charge in [0.1, 0.15) is 17.6 Å². The van der Waals surface area contributed by atoms with Crippen LogP contribution in [0.3, 0.4) is 0 Å². The summed E-state index contributed by atoms with van der Waals surface area (Å²) in [5, 5.41) is 10.00. The molecule has 0 fully saturated rings. The van der Waals surface area contributed by atoms with E-state index >= 15 is 0 Å². The number of nitrogens with zero attached hydrogens (tertiary/aromatic N) is 1. The number of nitriles is 1. The van der Waals surface area contributed by atoms with Crippen molar-refractivity contribution in [1.82, 2.24) is 0 Å². The fraction of sp³-hybridized carbons (Fsp3) is 0. The number of nitrogen functional groups attached to an aromatic ring is 1. The van der Waals surface area contributed by atoms with Crippen LogP contribution in [0.15, 0.2) is 88.8 Å². The topological polar surface area (TPSA) is 85.1 Å². The van der Waals surface area contributed by atoms with Gasteiger partial charge < -0.3 is 16.2 Å². The molecular formula is C21H17N3OS. The number of thioether (sulfide) groups is 1. The summed E-state index contributed by atoms with van der Waals surface area (Å²) >= 11 is 1.28. The molecule has 0 atom stereocenters. The van der Waals surface area contributed by atoms with Crippen molar-refractivity contribution in [2.24, 2.45) is 5.73 Å². The molecule has 0 spiro atoms. The first-order chi connectivity index (χ1) is 12.7. The molecule has 4 N–H and O–H groups in total. The van der Waals surface area contributed by atoms with E-state index in [1.165, 1.54) is 11.8 Å². The number of rotatable bonds is 5. The Balaban J connectivity index is 1.89. The van der Waals surface area contributed by atoms with E-state index in [-0.39, 0.29) is 0 Å². The quantitative estimate of drug-likeness (QED) is 0.380. The Kier molecular flexibility index (Phi) is 5.47. The summed E-state index contributed by atoms with van der Waals surface area (Å²) in [6, 6.07) is 26.4. The minimum atomic E-state index is 0.386. The van der Waals surface area contributed by atoms with Crippen LogP contribution in [0.2, 0.25) is 0 Å². The average molecular weight is 359 g/mol. The van der Waals surface area contributed by atoms with Gasteiger partial charge in [0.15, 0.2) is 0 Å². The number of allylic oxidation sites excluding steroid dienone is 1. The second-order valence-corrected chi connectivity index (χ2v) is 6.52. The molecule has 3 aromatic carbocycles. The van der Waals surface area contributed by atoms with Gasteiger partial charge in [-0.25, -0.2) is 0 Å².